The van der Waals surface area contributed by atoms with Crippen LogP contribution in [0.5, 0.6) is 0 Å². The largest absolute Gasteiger partial charge is 0.472 e. The number of rotatable bonds is 1. The Labute approximate surface area is 77.6 Å². The molecule has 0 radical (unpaired) electrons. The molecule has 3 atom stereocenters. The average Bonchev–Trinajstić information content (AvgIpc) is 2.67. The van der Waals surface area contributed by atoms with Crippen LogP contribution in [0.1, 0.15) is 30.4 Å². The van der Waals surface area contributed by atoms with Crippen molar-refractivity contribution >= 4 is 0 Å². The minimum atomic E-state index is -0.554. The summed E-state index contributed by atoms with van der Waals surface area (Å²) in [5, 5.41) is 10.5. The molecule has 13 heavy (non-hydrogen) atoms. The van der Waals surface area contributed by atoms with E-state index in [2.05, 4.69) is 0 Å². The van der Waals surface area contributed by atoms with Gasteiger partial charge in [0.1, 0.15) is 0 Å². The fourth-order valence-electron chi connectivity index (χ4n) is 2.88. The molecule has 1 aromatic rings. The first-order valence-corrected chi connectivity index (χ1v) is 4.97. The van der Waals surface area contributed by atoms with Crippen molar-refractivity contribution in [3.63, 3.8) is 0 Å². The summed E-state index contributed by atoms with van der Waals surface area (Å²) in [5.74, 6) is 1.31. The summed E-state index contributed by atoms with van der Waals surface area (Å²) >= 11 is 0. The molecular formula is C11H14O2. The molecule has 0 spiro atoms. The van der Waals surface area contributed by atoms with Crippen LogP contribution >= 0.6 is 0 Å². The number of furan rings is 1. The Bertz CT molecular complexity index is 342. The molecule has 2 nitrogen and oxygen atoms in total. The zero-order valence-electron chi connectivity index (χ0n) is 7.79. The molecule has 3 rings (SSSR count). The molecular weight excluding hydrogens is 164 g/mol. The Hall–Kier alpha value is -0.760. The van der Waals surface area contributed by atoms with Gasteiger partial charge in [0.25, 0.3) is 0 Å². The monoisotopic (exact) mass is 178 g/mol. The van der Waals surface area contributed by atoms with Crippen LogP contribution in [0, 0.1) is 18.8 Å². The molecule has 1 aromatic heterocycles. The van der Waals surface area contributed by atoms with E-state index in [0.717, 1.165) is 23.5 Å². The van der Waals surface area contributed by atoms with E-state index >= 15 is 0 Å². The van der Waals surface area contributed by atoms with Gasteiger partial charge in [-0.2, -0.15) is 0 Å². The molecule has 70 valence electrons. The Kier molecular flexibility index (Phi) is 1.28. The molecule has 0 amide bonds. The lowest BCUT2D eigenvalue weighted by molar-refractivity contribution is 0.0196. The number of hydrogen-bond donors (Lipinski definition) is 1. The van der Waals surface area contributed by atoms with E-state index in [1.165, 1.54) is 12.8 Å². The second kappa shape index (κ2) is 2.18. The first-order chi connectivity index (χ1) is 6.22. The molecule has 1 heterocycles. The summed E-state index contributed by atoms with van der Waals surface area (Å²) in [6.45, 7) is 2.01. The highest BCUT2D eigenvalue weighted by Crippen LogP contribution is 2.61. The molecule has 1 N–H and O–H groups in total. The van der Waals surface area contributed by atoms with Crippen LogP contribution in [0.3, 0.4) is 0 Å². The van der Waals surface area contributed by atoms with Gasteiger partial charge in [0.2, 0.25) is 0 Å². The maximum absolute atomic E-state index is 10.5. The van der Waals surface area contributed by atoms with Gasteiger partial charge in [0.05, 0.1) is 18.1 Å². The molecule has 2 aliphatic rings. The third kappa shape index (κ3) is 0.869. The van der Waals surface area contributed by atoms with Gasteiger partial charge in [-0.3, -0.25) is 0 Å². The topological polar surface area (TPSA) is 33.4 Å². The van der Waals surface area contributed by atoms with Crippen LogP contribution in [0.25, 0.3) is 0 Å². The Morgan fingerprint density at radius 1 is 1.54 bits per heavy atom. The van der Waals surface area contributed by atoms with Gasteiger partial charge in [-0.25, -0.2) is 0 Å². The summed E-state index contributed by atoms with van der Waals surface area (Å²) in [5.41, 5.74) is 1.56. The average molecular weight is 178 g/mol. The van der Waals surface area contributed by atoms with E-state index < -0.39 is 5.60 Å². The van der Waals surface area contributed by atoms with Crippen LogP contribution in [-0.2, 0) is 5.60 Å². The maximum Gasteiger partial charge on any atom is 0.0966 e. The first kappa shape index (κ1) is 7.63. The lowest BCUT2D eigenvalue weighted by Crippen LogP contribution is -2.25. The third-order valence-electron chi connectivity index (χ3n) is 3.75. The molecule has 0 aromatic carbocycles. The molecule has 3 unspecified atom stereocenters. The van der Waals surface area contributed by atoms with E-state index in [-0.39, 0.29) is 0 Å². The second-order valence-corrected chi connectivity index (χ2v) is 4.53. The van der Waals surface area contributed by atoms with Crippen molar-refractivity contribution in [3.8, 4) is 0 Å². The van der Waals surface area contributed by atoms with E-state index in [1.54, 1.807) is 12.5 Å². The van der Waals surface area contributed by atoms with Crippen molar-refractivity contribution < 1.29 is 9.52 Å². The van der Waals surface area contributed by atoms with Crippen LogP contribution in [0.4, 0.5) is 0 Å². The van der Waals surface area contributed by atoms with Gasteiger partial charge in [0, 0.05) is 5.56 Å². The van der Waals surface area contributed by atoms with E-state index in [1.807, 2.05) is 6.92 Å². The minimum Gasteiger partial charge on any atom is -0.472 e. The second-order valence-electron chi connectivity index (χ2n) is 4.53. The number of fused-ring (bicyclic) bond motifs is 1. The molecule has 0 aliphatic heterocycles. The van der Waals surface area contributed by atoms with Gasteiger partial charge < -0.3 is 9.52 Å². The minimum absolute atomic E-state index is 0.517. The molecule has 0 bridgehead atoms. The van der Waals surface area contributed by atoms with Crippen LogP contribution in [-0.4, -0.2) is 5.11 Å². The molecule has 0 saturated heterocycles. The lowest BCUT2D eigenvalue weighted by atomic mass is 9.88. The molecule has 2 heteroatoms. The highest BCUT2D eigenvalue weighted by Gasteiger charge is 2.58. The van der Waals surface area contributed by atoms with Crippen molar-refractivity contribution in [2.24, 2.45) is 11.8 Å². The van der Waals surface area contributed by atoms with Crippen molar-refractivity contribution in [3.05, 3.63) is 23.7 Å². The predicted octanol–water partition coefficient (Wildman–Crippen LogP) is 2.21. The standard InChI is InChI=1S/C11H14O2/c1-7-5-13-6-10(7)11(12)3-2-8-4-9(8)11/h5-6,8-9,12H,2-4H2,1H3. The fraction of sp³-hybridized carbons (Fsp3) is 0.636. The van der Waals surface area contributed by atoms with Crippen molar-refractivity contribution in [2.75, 3.05) is 0 Å². The predicted molar refractivity (Wildman–Crippen MR) is 48.2 cm³/mol. The van der Waals surface area contributed by atoms with Gasteiger partial charge >= 0.3 is 0 Å². The van der Waals surface area contributed by atoms with E-state index in [9.17, 15) is 5.11 Å². The summed E-state index contributed by atoms with van der Waals surface area (Å²) < 4.78 is 5.13. The highest BCUT2D eigenvalue weighted by molar-refractivity contribution is 5.31. The quantitative estimate of drug-likeness (QED) is 0.715. The Balaban J connectivity index is 2.04. The highest BCUT2D eigenvalue weighted by atomic mass is 16.3. The van der Waals surface area contributed by atoms with Gasteiger partial charge in [0.15, 0.2) is 0 Å². The van der Waals surface area contributed by atoms with Gasteiger partial charge in [-0.1, -0.05) is 0 Å². The van der Waals surface area contributed by atoms with Gasteiger partial charge in [-0.15, -0.1) is 0 Å². The zero-order valence-corrected chi connectivity index (χ0v) is 7.79. The van der Waals surface area contributed by atoms with Crippen molar-refractivity contribution in [1.29, 1.82) is 0 Å². The van der Waals surface area contributed by atoms with Crippen LogP contribution in [0.15, 0.2) is 16.9 Å². The van der Waals surface area contributed by atoms with E-state index in [4.69, 9.17) is 4.42 Å². The summed E-state index contributed by atoms with van der Waals surface area (Å²) in [6.07, 6.45) is 6.76. The Morgan fingerprint density at radius 3 is 2.85 bits per heavy atom. The summed E-state index contributed by atoms with van der Waals surface area (Å²) in [4.78, 5) is 0. The van der Waals surface area contributed by atoms with E-state index in [0.29, 0.717) is 5.92 Å². The lowest BCUT2D eigenvalue weighted by Gasteiger charge is -2.24. The number of hydrogen-bond acceptors (Lipinski definition) is 2. The van der Waals surface area contributed by atoms with Crippen LogP contribution in [0.2, 0.25) is 0 Å². The smallest absolute Gasteiger partial charge is 0.0966 e. The number of aliphatic hydroxyl groups is 1. The summed E-state index contributed by atoms with van der Waals surface area (Å²) in [6, 6.07) is 0. The normalized spacial score (nSPS) is 42.0. The number of aryl methyl sites for hydroxylation is 1. The Morgan fingerprint density at radius 2 is 2.38 bits per heavy atom. The molecule has 2 aliphatic carbocycles. The zero-order chi connectivity index (χ0) is 9.05. The third-order valence-corrected chi connectivity index (χ3v) is 3.75. The van der Waals surface area contributed by atoms with Crippen molar-refractivity contribution in [2.45, 2.75) is 31.8 Å². The van der Waals surface area contributed by atoms with Crippen molar-refractivity contribution in [1.82, 2.24) is 0 Å². The summed E-state index contributed by atoms with van der Waals surface area (Å²) in [7, 11) is 0. The molecule has 2 saturated carbocycles. The fourth-order valence-corrected chi connectivity index (χ4v) is 2.88. The maximum atomic E-state index is 10.5. The van der Waals surface area contributed by atoms with Gasteiger partial charge in [-0.05, 0) is 43.6 Å². The molecule has 2 fully saturated rings. The SMILES string of the molecule is Cc1cocc1C1(O)CCC2CC21. The first-order valence-electron chi connectivity index (χ1n) is 4.97. The van der Waals surface area contributed by atoms with Crippen LogP contribution < -0.4 is 0 Å².